The van der Waals surface area contributed by atoms with Crippen molar-refractivity contribution in [3.8, 4) is 0 Å². The first kappa shape index (κ1) is 11.7. The van der Waals surface area contributed by atoms with Gasteiger partial charge in [-0.3, -0.25) is 0 Å². The number of hydrogen-bond acceptors (Lipinski definition) is 3. The molecule has 5 nitrogen and oxygen atoms in total. The fourth-order valence-corrected chi connectivity index (χ4v) is 2.67. The minimum atomic E-state index is -0.0283. The molecule has 4 atom stereocenters. The molecular weight excluding hydrogens is 206 g/mol. The molecule has 0 aromatic carbocycles. The van der Waals surface area contributed by atoms with Gasteiger partial charge in [-0.2, -0.15) is 0 Å². The van der Waals surface area contributed by atoms with Gasteiger partial charge in [0.1, 0.15) is 0 Å². The summed E-state index contributed by atoms with van der Waals surface area (Å²) in [6, 6.07) is 0.0343. The molecule has 2 amide bonds. The van der Waals surface area contributed by atoms with E-state index in [1.807, 2.05) is 13.8 Å². The second kappa shape index (κ2) is 4.59. The van der Waals surface area contributed by atoms with E-state index in [9.17, 15) is 4.79 Å². The molecule has 92 valence electrons. The largest absolute Gasteiger partial charge is 0.376 e. The molecule has 0 radical (unpaired) electrons. The molecule has 4 unspecified atom stereocenters. The van der Waals surface area contributed by atoms with Crippen LogP contribution in [0.4, 0.5) is 4.79 Å². The summed E-state index contributed by atoms with van der Waals surface area (Å²) in [5, 5.41) is 2.98. The topological polar surface area (TPSA) is 67.6 Å². The van der Waals surface area contributed by atoms with Crippen molar-refractivity contribution in [2.75, 3.05) is 19.7 Å². The van der Waals surface area contributed by atoms with Gasteiger partial charge in [0.05, 0.1) is 12.1 Å². The minimum Gasteiger partial charge on any atom is -0.376 e. The number of urea groups is 1. The molecule has 0 aromatic rings. The fraction of sp³-hybridized carbons (Fsp3) is 0.909. The predicted octanol–water partition coefficient (Wildman–Crippen LogP) is 0.152. The summed E-state index contributed by atoms with van der Waals surface area (Å²) in [5.74, 6) is 0.446. The Morgan fingerprint density at radius 2 is 2.19 bits per heavy atom. The summed E-state index contributed by atoms with van der Waals surface area (Å²) in [7, 11) is 0. The van der Waals surface area contributed by atoms with E-state index in [0.717, 1.165) is 26.1 Å². The highest BCUT2D eigenvalue weighted by atomic mass is 16.5. The molecule has 2 rings (SSSR count). The average Bonchev–Trinajstić information content (AvgIpc) is 2.72. The van der Waals surface area contributed by atoms with Gasteiger partial charge in [0.15, 0.2) is 0 Å². The van der Waals surface area contributed by atoms with E-state index in [0.29, 0.717) is 5.92 Å². The maximum Gasteiger partial charge on any atom is 0.317 e. The lowest BCUT2D eigenvalue weighted by Crippen LogP contribution is -2.69. The predicted molar refractivity (Wildman–Crippen MR) is 61.1 cm³/mol. The molecule has 1 saturated heterocycles. The van der Waals surface area contributed by atoms with Gasteiger partial charge in [0.2, 0.25) is 0 Å². The SMILES string of the molecule is CCN(CC)C(=O)NC1C(N)C2CCOC21. The van der Waals surface area contributed by atoms with Crippen molar-refractivity contribution in [2.24, 2.45) is 11.7 Å². The second-order valence-electron chi connectivity index (χ2n) is 4.51. The maximum atomic E-state index is 11.8. The van der Waals surface area contributed by atoms with Crippen LogP contribution in [0.1, 0.15) is 20.3 Å². The normalized spacial score (nSPS) is 36.4. The van der Waals surface area contributed by atoms with Gasteiger partial charge in [-0.15, -0.1) is 0 Å². The number of carbonyl (C=O) groups excluding carboxylic acids is 1. The number of nitrogens with zero attached hydrogens (tertiary/aromatic N) is 1. The van der Waals surface area contributed by atoms with E-state index >= 15 is 0 Å². The maximum absolute atomic E-state index is 11.8. The van der Waals surface area contributed by atoms with E-state index in [4.69, 9.17) is 10.5 Å². The monoisotopic (exact) mass is 227 g/mol. The van der Waals surface area contributed by atoms with Crippen LogP contribution in [0.3, 0.4) is 0 Å². The summed E-state index contributed by atoms with van der Waals surface area (Å²) in [5.41, 5.74) is 6.03. The molecule has 0 aromatic heterocycles. The number of nitrogens with one attached hydrogen (secondary N) is 1. The van der Waals surface area contributed by atoms with Gasteiger partial charge in [0.25, 0.3) is 0 Å². The number of nitrogens with two attached hydrogens (primary N) is 1. The first-order valence-corrected chi connectivity index (χ1v) is 6.11. The molecule has 1 aliphatic carbocycles. The van der Waals surface area contributed by atoms with Crippen LogP contribution in [0, 0.1) is 5.92 Å². The minimum absolute atomic E-state index is 0.000556. The van der Waals surface area contributed by atoms with Crippen LogP contribution >= 0.6 is 0 Å². The van der Waals surface area contributed by atoms with Crippen LogP contribution < -0.4 is 11.1 Å². The van der Waals surface area contributed by atoms with E-state index in [1.165, 1.54) is 0 Å². The number of carbonyl (C=O) groups is 1. The molecule has 0 bridgehead atoms. The Kier molecular flexibility index (Phi) is 3.35. The van der Waals surface area contributed by atoms with Gasteiger partial charge in [-0.1, -0.05) is 0 Å². The van der Waals surface area contributed by atoms with Crippen LogP contribution in [0.25, 0.3) is 0 Å². The number of fused-ring (bicyclic) bond motifs is 1. The smallest absolute Gasteiger partial charge is 0.317 e. The first-order valence-electron chi connectivity index (χ1n) is 6.11. The molecule has 3 N–H and O–H groups in total. The first-order chi connectivity index (χ1) is 7.69. The third-order valence-electron chi connectivity index (χ3n) is 3.79. The standard InChI is InChI=1S/C11H21N3O2/c1-3-14(4-2)11(15)13-9-8(12)7-5-6-16-10(7)9/h7-10H,3-6,12H2,1-2H3,(H,13,15). The Hall–Kier alpha value is -0.810. The van der Waals surface area contributed by atoms with Gasteiger partial charge in [-0.05, 0) is 20.3 Å². The molecule has 1 heterocycles. The van der Waals surface area contributed by atoms with Crippen LogP contribution in [-0.2, 0) is 4.74 Å². The van der Waals surface area contributed by atoms with Crippen molar-refractivity contribution < 1.29 is 9.53 Å². The summed E-state index contributed by atoms with van der Waals surface area (Å²) >= 11 is 0. The van der Waals surface area contributed by atoms with Gasteiger partial charge >= 0.3 is 6.03 Å². The Bertz CT molecular complexity index is 268. The fourth-order valence-electron chi connectivity index (χ4n) is 2.67. The Morgan fingerprint density at radius 1 is 1.50 bits per heavy atom. The molecule has 1 saturated carbocycles. The van der Waals surface area contributed by atoms with E-state index in [2.05, 4.69) is 5.32 Å². The van der Waals surface area contributed by atoms with Crippen LogP contribution in [0.2, 0.25) is 0 Å². The molecule has 2 fully saturated rings. The van der Waals surface area contributed by atoms with Gasteiger partial charge < -0.3 is 20.7 Å². The summed E-state index contributed by atoms with van der Waals surface area (Å²) in [6.07, 6.45) is 1.18. The number of hydrogen-bond donors (Lipinski definition) is 2. The number of amides is 2. The molecule has 5 heteroatoms. The van der Waals surface area contributed by atoms with Crippen molar-refractivity contribution in [2.45, 2.75) is 38.5 Å². The Labute approximate surface area is 96.3 Å². The third-order valence-corrected chi connectivity index (χ3v) is 3.79. The third kappa shape index (κ3) is 1.78. The summed E-state index contributed by atoms with van der Waals surface area (Å²) in [4.78, 5) is 13.6. The number of ether oxygens (including phenoxy) is 1. The molecule has 2 aliphatic rings. The molecule has 1 aliphatic heterocycles. The summed E-state index contributed by atoms with van der Waals surface area (Å²) in [6.45, 7) is 6.16. The summed E-state index contributed by atoms with van der Waals surface area (Å²) < 4.78 is 5.57. The van der Waals surface area contributed by atoms with Crippen molar-refractivity contribution in [3.05, 3.63) is 0 Å². The Balaban J connectivity index is 1.88. The lowest BCUT2D eigenvalue weighted by molar-refractivity contribution is -0.0150. The van der Waals surface area contributed by atoms with Gasteiger partial charge in [0, 0.05) is 31.7 Å². The van der Waals surface area contributed by atoms with E-state index in [-0.39, 0.29) is 24.2 Å². The highest BCUT2D eigenvalue weighted by Crippen LogP contribution is 2.37. The number of rotatable bonds is 3. The zero-order valence-corrected chi connectivity index (χ0v) is 9.98. The highest BCUT2D eigenvalue weighted by Gasteiger charge is 2.52. The van der Waals surface area contributed by atoms with Gasteiger partial charge in [-0.25, -0.2) is 4.79 Å². The van der Waals surface area contributed by atoms with Crippen molar-refractivity contribution in [1.29, 1.82) is 0 Å². The zero-order chi connectivity index (χ0) is 11.7. The molecule has 16 heavy (non-hydrogen) atoms. The zero-order valence-electron chi connectivity index (χ0n) is 9.98. The quantitative estimate of drug-likeness (QED) is 0.721. The van der Waals surface area contributed by atoms with E-state index in [1.54, 1.807) is 4.90 Å². The van der Waals surface area contributed by atoms with Crippen molar-refractivity contribution in [1.82, 2.24) is 10.2 Å². The van der Waals surface area contributed by atoms with Crippen LogP contribution in [0.15, 0.2) is 0 Å². The van der Waals surface area contributed by atoms with Crippen molar-refractivity contribution in [3.63, 3.8) is 0 Å². The van der Waals surface area contributed by atoms with Crippen LogP contribution in [0.5, 0.6) is 0 Å². The van der Waals surface area contributed by atoms with Crippen LogP contribution in [-0.4, -0.2) is 48.8 Å². The second-order valence-corrected chi connectivity index (χ2v) is 4.51. The lowest BCUT2D eigenvalue weighted by Gasteiger charge is -2.46. The average molecular weight is 227 g/mol. The van der Waals surface area contributed by atoms with Crippen molar-refractivity contribution >= 4 is 6.03 Å². The molecular formula is C11H21N3O2. The molecule has 0 spiro atoms. The highest BCUT2D eigenvalue weighted by molar-refractivity contribution is 5.74. The Morgan fingerprint density at radius 3 is 2.81 bits per heavy atom. The lowest BCUT2D eigenvalue weighted by atomic mass is 9.72. The van der Waals surface area contributed by atoms with E-state index < -0.39 is 0 Å².